The number of nitrogens with zero attached hydrogens (tertiary/aromatic N) is 2. The highest BCUT2D eigenvalue weighted by molar-refractivity contribution is 5.88. The molecule has 1 aromatic carbocycles. The number of rotatable bonds is 6. The van der Waals surface area contributed by atoms with Crippen molar-refractivity contribution in [2.45, 2.75) is 12.6 Å². The minimum absolute atomic E-state index is 0.0600. The summed E-state index contributed by atoms with van der Waals surface area (Å²) in [6.45, 7) is 0.155. The molecule has 0 spiro atoms. The number of aromatic carboxylic acids is 1. The smallest absolute Gasteiger partial charge is 0.339 e. The standard InChI is InChI=1S/C14H15N3O3/c18-8-13(10-4-2-1-3-5-10)16-7-12-11(14(19)20)6-15-9-17-12/h1-6,9,13,16,18H,7-8H2,(H,19,20). The first-order valence-corrected chi connectivity index (χ1v) is 6.13. The Balaban J connectivity index is 2.10. The molecule has 2 rings (SSSR count). The quantitative estimate of drug-likeness (QED) is 0.726. The Morgan fingerprint density at radius 1 is 1.30 bits per heavy atom. The summed E-state index contributed by atoms with van der Waals surface area (Å²) in [6.07, 6.45) is 2.57. The molecule has 1 aromatic heterocycles. The molecule has 0 radical (unpaired) electrons. The number of carboxylic acids is 1. The molecule has 0 fully saturated rings. The highest BCUT2D eigenvalue weighted by Gasteiger charge is 2.14. The van der Waals surface area contributed by atoms with E-state index < -0.39 is 5.97 Å². The number of benzene rings is 1. The summed E-state index contributed by atoms with van der Waals surface area (Å²) in [6, 6.07) is 9.18. The molecular formula is C14H15N3O3. The second kappa shape index (κ2) is 6.74. The first-order chi connectivity index (χ1) is 9.72. The molecule has 0 saturated heterocycles. The van der Waals surface area contributed by atoms with E-state index in [0.29, 0.717) is 5.69 Å². The molecule has 0 bridgehead atoms. The topological polar surface area (TPSA) is 95.3 Å². The van der Waals surface area contributed by atoms with Crippen LogP contribution >= 0.6 is 0 Å². The van der Waals surface area contributed by atoms with Crippen molar-refractivity contribution in [2.24, 2.45) is 0 Å². The Morgan fingerprint density at radius 2 is 2.05 bits per heavy atom. The Bertz CT molecular complexity index is 575. The lowest BCUT2D eigenvalue weighted by Gasteiger charge is -2.16. The number of carboxylic acid groups (broad SMARTS) is 1. The lowest BCUT2D eigenvalue weighted by molar-refractivity contribution is 0.0694. The van der Waals surface area contributed by atoms with Crippen LogP contribution in [0.25, 0.3) is 0 Å². The van der Waals surface area contributed by atoms with Crippen LogP contribution in [0.5, 0.6) is 0 Å². The van der Waals surface area contributed by atoms with Crippen LogP contribution in [0.2, 0.25) is 0 Å². The zero-order chi connectivity index (χ0) is 14.4. The minimum atomic E-state index is -1.07. The lowest BCUT2D eigenvalue weighted by Crippen LogP contribution is -2.25. The first kappa shape index (κ1) is 14.1. The van der Waals surface area contributed by atoms with Gasteiger partial charge in [-0.3, -0.25) is 0 Å². The second-order valence-corrected chi connectivity index (χ2v) is 4.22. The third-order valence-corrected chi connectivity index (χ3v) is 2.93. The van der Waals surface area contributed by atoms with Gasteiger partial charge in [0.1, 0.15) is 11.9 Å². The average molecular weight is 273 g/mol. The van der Waals surface area contributed by atoms with Gasteiger partial charge in [-0.25, -0.2) is 14.8 Å². The summed E-state index contributed by atoms with van der Waals surface area (Å²) >= 11 is 0. The molecule has 1 heterocycles. The number of carbonyl (C=O) groups is 1. The minimum Gasteiger partial charge on any atom is -0.478 e. The molecule has 0 saturated carbocycles. The van der Waals surface area contributed by atoms with Gasteiger partial charge in [0.25, 0.3) is 0 Å². The van der Waals surface area contributed by atoms with E-state index in [-0.39, 0.29) is 24.8 Å². The fourth-order valence-corrected chi connectivity index (χ4v) is 1.87. The third kappa shape index (κ3) is 3.37. The summed E-state index contributed by atoms with van der Waals surface area (Å²) in [7, 11) is 0. The number of aromatic nitrogens is 2. The van der Waals surface area contributed by atoms with E-state index in [1.807, 2.05) is 30.3 Å². The van der Waals surface area contributed by atoms with E-state index >= 15 is 0 Å². The van der Waals surface area contributed by atoms with Crippen LogP contribution in [0, 0.1) is 0 Å². The molecule has 0 aliphatic rings. The van der Waals surface area contributed by atoms with E-state index in [2.05, 4.69) is 15.3 Å². The normalized spacial score (nSPS) is 12.1. The summed E-state index contributed by atoms with van der Waals surface area (Å²) in [5, 5.41) is 21.6. The zero-order valence-corrected chi connectivity index (χ0v) is 10.7. The van der Waals surface area contributed by atoms with Crippen molar-refractivity contribution in [1.29, 1.82) is 0 Å². The van der Waals surface area contributed by atoms with E-state index in [0.717, 1.165) is 5.56 Å². The van der Waals surface area contributed by atoms with Gasteiger partial charge in [-0.05, 0) is 5.56 Å². The van der Waals surface area contributed by atoms with Crippen molar-refractivity contribution in [3.63, 3.8) is 0 Å². The Morgan fingerprint density at radius 3 is 2.70 bits per heavy atom. The molecule has 1 unspecified atom stereocenters. The van der Waals surface area contributed by atoms with Crippen molar-refractivity contribution in [3.05, 3.63) is 59.7 Å². The fraction of sp³-hybridized carbons (Fsp3) is 0.214. The molecule has 3 N–H and O–H groups in total. The Labute approximate surface area is 116 Å². The van der Waals surface area contributed by atoms with Crippen LogP contribution in [0.15, 0.2) is 42.9 Å². The van der Waals surface area contributed by atoms with Crippen LogP contribution in [0.4, 0.5) is 0 Å². The molecule has 1 atom stereocenters. The molecule has 104 valence electrons. The van der Waals surface area contributed by atoms with Crippen molar-refractivity contribution in [3.8, 4) is 0 Å². The van der Waals surface area contributed by atoms with E-state index in [4.69, 9.17) is 5.11 Å². The number of aliphatic hydroxyl groups excluding tert-OH is 1. The summed E-state index contributed by atoms with van der Waals surface area (Å²) in [5.74, 6) is -1.07. The van der Waals surface area contributed by atoms with E-state index in [9.17, 15) is 9.90 Å². The molecular weight excluding hydrogens is 258 g/mol. The number of aliphatic hydroxyl groups is 1. The number of nitrogens with one attached hydrogen (secondary N) is 1. The third-order valence-electron chi connectivity index (χ3n) is 2.93. The van der Waals surface area contributed by atoms with Gasteiger partial charge in [0.05, 0.1) is 18.3 Å². The van der Waals surface area contributed by atoms with Gasteiger partial charge in [0.2, 0.25) is 0 Å². The maximum absolute atomic E-state index is 11.0. The van der Waals surface area contributed by atoms with Gasteiger partial charge in [-0.1, -0.05) is 30.3 Å². The molecule has 0 aliphatic carbocycles. The van der Waals surface area contributed by atoms with Crippen LogP contribution in [-0.4, -0.2) is 32.8 Å². The highest BCUT2D eigenvalue weighted by atomic mass is 16.4. The molecule has 20 heavy (non-hydrogen) atoms. The molecule has 0 aliphatic heterocycles. The predicted molar refractivity (Wildman–Crippen MR) is 72.1 cm³/mol. The van der Waals surface area contributed by atoms with E-state index in [1.165, 1.54) is 12.5 Å². The van der Waals surface area contributed by atoms with Crippen molar-refractivity contribution in [2.75, 3.05) is 6.61 Å². The maximum atomic E-state index is 11.0. The molecule has 0 amide bonds. The lowest BCUT2D eigenvalue weighted by atomic mass is 10.1. The summed E-state index contributed by atoms with van der Waals surface area (Å²) < 4.78 is 0. The summed E-state index contributed by atoms with van der Waals surface area (Å²) in [4.78, 5) is 18.7. The molecule has 6 heteroatoms. The average Bonchev–Trinajstić information content (AvgIpc) is 2.49. The zero-order valence-electron chi connectivity index (χ0n) is 10.7. The van der Waals surface area contributed by atoms with E-state index in [1.54, 1.807) is 0 Å². The van der Waals surface area contributed by atoms with Gasteiger partial charge in [-0.15, -0.1) is 0 Å². The second-order valence-electron chi connectivity index (χ2n) is 4.22. The summed E-state index contributed by atoms with van der Waals surface area (Å²) in [5.41, 5.74) is 1.38. The molecule has 2 aromatic rings. The van der Waals surface area contributed by atoms with Gasteiger partial charge >= 0.3 is 5.97 Å². The van der Waals surface area contributed by atoms with Crippen LogP contribution in [0.1, 0.15) is 27.7 Å². The maximum Gasteiger partial charge on any atom is 0.339 e. The number of hydrogen-bond acceptors (Lipinski definition) is 5. The predicted octanol–water partition coefficient (Wildman–Crippen LogP) is 0.998. The van der Waals surface area contributed by atoms with Crippen molar-refractivity contribution in [1.82, 2.24) is 15.3 Å². The van der Waals surface area contributed by atoms with Crippen LogP contribution in [-0.2, 0) is 6.54 Å². The monoisotopic (exact) mass is 273 g/mol. The molecule has 6 nitrogen and oxygen atoms in total. The van der Waals surface area contributed by atoms with Crippen molar-refractivity contribution >= 4 is 5.97 Å². The number of hydrogen-bond donors (Lipinski definition) is 3. The van der Waals surface area contributed by atoms with Crippen LogP contribution in [0.3, 0.4) is 0 Å². The van der Waals surface area contributed by atoms with Gasteiger partial charge < -0.3 is 15.5 Å². The Kier molecular flexibility index (Phi) is 4.75. The largest absolute Gasteiger partial charge is 0.478 e. The fourth-order valence-electron chi connectivity index (χ4n) is 1.87. The van der Waals surface area contributed by atoms with Crippen molar-refractivity contribution < 1.29 is 15.0 Å². The van der Waals surface area contributed by atoms with Crippen LogP contribution < -0.4 is 5.32 Å². The van der Waals surface area contributed by atoms with Gasteiger partial charge in [-0.2, -0.15) is 0 Å². The van der Waals surface area contributed by atoms with Gasteiger partial charge in [0.15, 0.2) is 0 Å². The Hall–Kier alpha value is -2.31. The highest BCUT2D eigenvalue weighted by Crippen LogP contribution is 2.13. The SMILES string of the molecule is O=C(O)c1cncnc1CNC(CO)c1ccccc1. The van der Waals surface area contributed by atoms with Gasteiger partial charge in [0, 0.05) is 12.7 Å². The first-order valence-electron chi connectivity index (χ1n) is 6.13.